The highest BCUT2D eigenvalue weighted by Gasteiger charge is 2.30. The fraction of sp³-hybridized carbons (Fsp3) is 0.333. The number of hydrogen-bond acceptors (Lipinski definition) is 3. The van der Waals surface area contributed by atoms with Gasteiger partial charge in [-0.1, -0.05) is 12.1 Å². The number of hydrogen-bond donors (Lipinski definition) is 2. The molecule has 7 heteroatoms. The zero-order chi connectivity index (χ0) is 22.0. The van der Waals surface area contributed by atoms with Crippen LogP contribution in [0.15, 0.2) is 35.3 Å². The fourth-order valence-electron chi connectivity index (χ4n) is 4.86. The fourth-order valence-corrected chi connectivity index (χ4v) is 4.86. The van der Waals surface area contributed by atoms with Gasteiger partial charge in [-0.05, 0) is 55.5 Å². The summed E-state index contributed by atoms with van der Waals surface area (Å²) in [7, 11) is 0. The summed E-state index contributed by atoms with van der Waals surface area (Å²) < 4.78 is 31.5. The molecule has 2 aliphatic rings. The Morgan fingerprint density at radius 2 is 1.90 bits per heavy atom. The van der Waals surface area contributed by atoms with E-state index in [1.807, 2.05) is 19.1 Å². The second kappa shape index (κ2) is 6.99. The largest absolute Gasteiger partial charge is 0.477 e. The van der Waals surface area contributed by atoms with Crippen molar-refractivity contribution in [2.24, 2.45) is 0 Å². The highest BCUT2D eigenvalue weighted by atomic mass is 19.1. The lowest BCUT2D eigenvalue weighted by atomic mass is 9.92. The van der Waals surface area contributed by atoms with Crippen molar-refractivity contribution in [1.29, 1.82) is 0 Å². The van der Waals surface area contributed by atoms with Gasteiger partial charge in [0.05, 0.1) is 5.52 Å². The van der Waals surface area contributed by atoms with E-state index >= 15 is 4.39 Å². The smallest absolute Gasteiger partial charge is 0.341 e. The third-order valence-corrected chi connectivity index (χ3v) is 6.48. The van der Waals surface area contributed by atoms with Crippen LogP contribution in [0.5, 0.6) is 0 Å². The molecule has 0 saturated heterocycles. The molecule has 2 heterocycles. The number of nitrogens with zero attached hydrogens (tertiary/aromatic N) is 1. The van der Waals surface area contributed by atoms with Crippen molar-refractivity contribution in [2.75, 3.05) is 0 Å². The first-order chi connectivity index (χ1) is 14.8. The van der Waals surface area contributed by atoms with Gasteiger partial charge < -0.3 is 15.0 Å². The Hall–Kier alpha value is -3.06. The molecule has 3 aromatic rings. The Morgan fingerprint density at radius 3 is 2.55 bits per heavy atom. The number of aromatic carboxylic acids is 1. The normalized spacial score (nSPS) is 20.3. The van der Waals surface area contributed by atoms with Crippen molar-refractivity contribution in [3.05, 3.63) is 68.8 Å². The number of nitrogens with one attached hydrogen (secondary N) is 1. The first-order valence-electron chi connectivity index (χ1n) is 10.4. The van der Waals surface area contributed by atoms with Gasteiger partial charge in [0.15, 0.2) is 0 Å². The lowest BCUT2D eigenvalue weighted by Gasteiger charge is -2.18. The maximum absolute atomic E-state index is 15.4. The molecule has 1 aliphatic heterocycles. The van der Waals surface area contributed by atoms with E-state index in [1.165, 1.54) is 6.20 Å². The summed E-state index contributed by atoms with van der Waals surface area (Å²) >= 11 is 0. The molecular weight excluding hydrogens is 402 g/mol. The van der Waals surface area contributed by atoms with E-state index in [9.17, 15) is 19.1 Å². The average molecular weight is 424 g/mol. The summed E-state index contributed by atoms with van der Waals surface area (Å²) in [5.41, 5.74) is 1.99. The monoisotopic (exact) mass is 424 g/mol. The van der Waals surface area contributed by atoms with Crippen LogP contribution in [0.3, 0.4) is 0 Å². The summed E-state index contributed by atoms with van der Waals surface area (Å²) in [6.07, 6.45) is 2.88. The third-order valence-electron chi connectivity index (χ3n) is 6.48. The molecule has 2 atom stereocenters. The predicted molar refractivity (Wildman–Crippen MR) is 114 cm³/mol. The van der Waals surface area contributed by atoms with Crippen LogP contribution in [0.1, 0.15) is 71.9 Å². The Balaban J connectivity index is 1.84. The minimum absolute atomic E-state index is 0.0186. The standard InChI is InChI=1S/C24H22F2N2O3/c1-11-15-6-3-13(7-16(15)12(2)27-11)21-18(9-25)22-17(8-20(21)26)23(29)19(24(30)31)10-28(22)14-4-5-14/h3,6-8,10-12,14,27H,4-5,9H2,1-2H3,(H,30,31). The van der Waals surface area contributed by atoms with Gasteiger partial charge in [0.2, 0.25) is 5.43 Å². The zero-order valence-electron chi connectivity index (χ0n) is 17.2. The molecule has 1 aromatic heterocycles. The molecular formula is C24H22F2N2O3. The van der Waals surface area contributed by atoms with Crippen LogP contribution in [0.4, 0.5) is 8.78 Å². The topological polar surface area (TPSA) is 71.3 Å². The molecule has 0 radical (unpaired) electrons. The maximum atomic E-state index is 15.4. The molecule has 2 aromatic carbocycles. The second-order valence-corrected chi connectivity index (χ2v) is 8.51. The molecule has 2 unspecified atom stereocenters. The number of pyridine rings is 1. The number of alkyl halides is 1. The summed E-state index contributed by atoms with van der Waals surface area (Å²) in [4.78, 5) is 24.3. The van der Waals surface area contributed by atoms with Crippen molar-refractivity contribution in [1.82, 2.24) is 9.88 Å². The summed E-state index contributed by atoms with van der Waals surface area (Å²) in [5, 5.41) is 12.8. The van der Waals surface area contributed by atoms with Gasteiger partial charge in [-0.25, -0.2) is 13.6 Å². The van der Waals surface area contributed by atoms with Crippen molar-refractivity contribution in [3.8, 4) is 11.1 Å². The van der Waals surface area contributed by atoms with Gasteiger partial charge in [0.1, 0.15) is 18.1 Å². The molecule has 0 amide bonds. The molecule has 2 N–H and O–H groups in total. The molecule has 5 rings (SSSR count). The molecule has 5 nitrogen and oxygen atoms in total. The Morgan fingerprint density at radius 1 is 1.19 bits per heavy atom. The van der Waals surface area contributed by atoms with Gasteiger partial charge in [-0.2, -0.15) is 0 Å². The van der Waals surface area contributed by atoms with Crippen molar-refractivity contribution >= 4 is 16.9 Å². The highest BCUT2D eigenvalue weighted by Crippen LogP contribution is 2.42. The number of carboxylic acids is 1. The SMILES string of the molecule is CC1NC(C)c2cc(-c3c(F)cc4c(=O)c(C(=O)O)cn(C5CC5)c4c3CF)ccc21. The van der Waals surface area contributed by atoms with E-state index in [1.54, 1.807) is 10.6 Å². The van der Waals surface area contributed by atoms with Crippen LogP contribution in [0.25, 0.3) is 22.0 Å². The third kappa shape index (κ3) is 2.98. The van der Waals surface area contributed by atoms with Crippen molar-refractivity contribution < 1.29 is 18.7 Å². The van der Waals surface area contributed by atoms with E-state index in [0.717, 1.165) is 30.0 Å². The molecule has 1 saturated carbocycles. The van der Waals surface area contributed by atoms with Gasteiger partial charge in [0.25, 0.3) is 0 Å². The summed E-state index contributed by atoms with van der Waals surface area (Å²) in [6, 6.07) is 6.90. The molecule has 1 fully saturated rings. The Kier molecular flexibility index (Phi) is 4.48. The number of aromatic nitrogens is 1. The summed E-state index contributed by atoms with van der Waals surface area (Å²) in [6.45, 7) is 3.11. The van der Waals surface area contributed by atoms with E-state index in [0.29, 0.717) is 5.56 Å². The van der Waals surface area contributed by atoms with Gasteiger partial charge in [0, 0.05) is 40.8 Å². The van der Waals surface area contributed by atoms with Crippen LogP contribution in [-0.4, -0.2) is 15.6 Å². The molecule has 160 valence electrons. The average Bonchev–Trinajstić information content (AvgIpc) is 3.53. The number of carbonyl (C=O) groups is 1. The number of fused-ring (bicyclic) bond motifs is 2. The van der Waals surface area contributed by atoms with E-state index in [2.05, 4.69) is 12.2 Å². The zero-order valence-corrected chi connectivity index (χ0v) is 17.2. The minimum Gasteiger partial charge on any atom is -0.477 e. The molecule has 1 aliphatic carbocycles. The molecule has 31 heavy (non-hydrogen) atoms. The van der Waals surface area contributed by atoms with Gasteiger partial charge >= 0.3 is 5.97 Å². The maximum Gasteiger partial charge on any atom is 0.341 e. The number of halogens is 2. The second-order valence-electron chi connectivity index (χ2n) is 8.51. The van der Waals surface area contributed by atoms with Gasteiger partial charge in [-0.15, -0.1) is 0 Å². The first-order valence-corrected chi connectivity index (χ1v) is 10.4. The van der Waals surface area contributed by atoms with Crippen LogP contribution in [-0.2, 0) is 6.67 Å². The van der Waals surface area contributed by atoms with Crippen LogP contribution in [0, 0.1) is 5.82 Å². The lowest BCUT2D eigenvalue weighted by Crippen LogP contribution is -2.20. The van der Waals surface area contributed by atoms with E-state index < -0.39 is 29.5 Å². The Bertz CT molecular complexity index is 1310. The van der Waals surface area contributed by atoms with Crippen LogP contribution >= 0.6 is 0 Å². The van der Waals surface area contributed by atoms with E-state index in [-0.39, 0.29) is 40.2 Å². The minimum atomic E-state index is -1.37. The summed E-state index contributed by atoms with van der Waals surface area (Å²) in [5.74, 6) is -2.10. The number of rotatable bonds is 4. The highest BCUT2D eigenvalue weighted by molar-refractivity contribution is 5.96. The molecule has 0 bridgehead atoms. The number of benzene rings is 2. The Labute approximate surface area is 177 Å². The molecule has 0 spiro atoms. The van der Waals surface area contributed by atoms with Crippen LogP contribution < -0.4 is 10.7 Å². The lowest BCUT2D eigenvalue weighted by molar-refractivity contribution is 0.0695. The van der Waals surface area contributed by atoms with Gasteiger partial charge in [-0.3, -0.25) is 4.79 Å². The van der Waals surface area contributed by atoms with Crippen molar-refractivity contribution in [3.63, 3.8) is 0 Å². The van der Waals surface area contributed by atoms with E-state index in [4.69, 9.17) is 0 Å². The van der Waals surface area contributed by atoms with Crippen LogP contribution in [0.2, 0.25) is 0 Å². The number of carboxylic acid groups (broad SMARTS) is 1. The van der Waals surface area contributed by atoms with Crippen molar-refractivity contribution in [2.45, 2.75) is 51.5 Å². The first kappa shape index (κ1) is 19.9. The predicted octanol–water partition coefficient (Wildman–Crippen LogP) is 5.04. The quantitative estimate of drug-likeness (QED) is 0.616.